The fourth-order valence-corrected chi connectivity index (χ4v) is 2.17. The van der Waals surface area contributed by atoms with Gasteiger partial charge in [0.2, 0.25) is 0 Å². The van der Waals surface area contributed by atoms with Crippen LogP contribution in [0.4, 0.5) is 17.3 Å². The van der Waals surface area contributed by atoms with Gasteiger partial charge in [-0.25, -0.2) is 0 Å². The maximum Gasteiger partial charge on any atom is 0.376 e. The number of anilines is 2. The molecule has 1 aromatic heterocycles. The first-order valence-corrected chi connectivity index (χ1v) is 6.67. The van der Waals surface area contributed by atoms with Gasteiger partial charge in [-0.05, 0) is 36.4 Å². The molecule has 0 saturated heterocycles. The monoisotopic (exact) mass is 316 g/mol. The molecule has 0 fully saturated rings. The molecule has 0 spiro atoms. The van der Waals surface area contributed by atoms with Gasteiger partial charge in [-0.2, -0.15) is 0 Å². The third-order valence-electron chi connectivity index (χ3n) is 3.06. The molecule has 3 rings (SSSR count). The number of nitrogens with zero attached hydrogens (tertiary/aromatic N) is 1. The van der Waals surface area contributed by atoms with Gasteiger partial charge >= 0.3 is 5.69 Å². The maximum atomic E-state index is 12.3. The lowest BCUT2D eigenvalue weighted by Gasteiger charge is -2.07. The molecule has 0 unspecified atom stereocenters. The van der Waals surface area contributed by atoms with Gasteiger partial charge in [-0.3, -0.25) is 14.9 Å². The number of hydrogen-bond donors (Lipinski definition) is 1. The highest BCUT2D eigenvalue weighted by atomic mass is 35.5. The van der Waals surface area contributed by atoms with Gasteiger partial charge < -0.3 is 9.73 Å². The fourth-order valence-electron chi connectivity index (χ4n) is 2.05. The maximum absolute atomic E-state index is 12.3. The highest BCUT2D eigenvalue weighted by molar-refractivity contribution is 6.30. The lowest BCUT2D eigenvalue weighted by atomic mass is 10.2. The largest absolute Gasteiger partial charge is 0.434 e. The lowest BCUT2D eigenvalue weighted by Crippen LogP contribution is -2.11. The van der Waals surface area contributed by atoms with E-state index < -0.39 is 16.0 Å². The second kappa shape index (κ2) is 5.50. The quantitative estimate of drug-likeness (QED) is 0.581. The number of fused-ring (bicyclic) bond motifs is 1. The number of nitro groups is 1. The van der Waals surface area contributed by atoms with Gasteiger partial charge in [-0.1, -0.05) is 23.7 Å². The van der Waals surface area contributed by atoms with Gasteiger partial charge in [0, 0.05) is 10.7 Å². The van der Waals surface area contributed by atoms with Crippen molar-refractivity contribution in [2.24, 2.45) is 0 Å². The predicted molar refractivity (Wildman–Crippen MR) is 83.9 cm³/mol. The molecule has 0 bridgehead atoms. The molecule has 1 heterocycles. The van der Waals surface area contributed by atoms with Crippen LogP contribution in [0, 0.1) is 10.1 Å². The number of halogens is 1. The molecule has 0 saturated carbocycles. The Morgan fingerprint density at radius 1 is 1.09 bits per heavy atom. The van der Waals surface area contributed by atoms with Gasteiger partial charge in [0.15, 0.2) is 0 Å². The number of nitrogens with one attached hydrogen (secondary N) is 1. The summed E-state index contributed by atoms with van der Waals surface area (Å²) in [5, 5.41) is 14.7. The summed E-state index contributed by atoms with van der Waals surface area (Å²) in [4.78, 5) is 22.7. The van der Waals surface area contributed by atoms with Crippen LogP contribution >= 0.6 is 11.6 Å². The summed E-state index contributed by atoms with van der Waals surface area (Å²) in [5.74, 6) is -0.212. The van der Waals surface area contributed by atoms with Crippen molar-refractivity contribution in [3.63, 3.8) is 0 Å². The second-order valence-electron chi connectivity index (χ2n) is 4.49. The average molecular weight is 317 g/mol. The van der Waals surface area contributed by atoms with E-state index in [9.17, 15) is 14.9 Å². The molecule has 7 heteroatoms. The number of benzene rings is 2. The van der Waals surface area contributed by atoms with Crippen LogP contribution in [-0.4, -0.2) is 4.92 Å². The first-order valence-electron chi connectivity index (χ1n) is 6.29. The van der Waals surface area contributed by atoms with Crippen molar-refractivity contribution < 1.29 is 9.34 Å². The minimum absolute atomic E-state index is 0.163. The minimum atomic E-state index is -0.753. The van der Waals surface area contributed by atoms with Crippen molar-refractivity contribution in [2.75, 3.05) is 5.32 Å². The average Bonchev–Trinajstić information content (AvgIpc) is 2.49. The predicted octanol–water partition coefficient (Wildman–Crippen LogP) is 4.10. The van der Waals surface area contributed by atoms with Gasteiger partial charge in [0.1, 0.15) is 5.58 Å². The van der Waals surface area contributed by atoms with E-state index in [0.29, 0.717) is 10.7 Å². The van der Waals surface area contributed by atoms with Crippen LogP contribution in [0.15, 0.2) is 57.7 Å². The molecule has 0 radical (unpaired) electrons. The van der Waals surface area contributed by atoms with Crippen LogP contribution < -0.4 is 10.7 Å². The Morgan fingerprint density at radius 2 is 1.77 bits per heavy atom. The molecule has 3 aromatic rings. The van der Waals surface area contributed by atoms with Crippen LogP contribution in [0.25, 0.3) is 11.0 Å². The molecule has 1 N–H and O–H groups in total. The standard InChI is InChI=1S/C15H9ClN2O4/c16-9-5-7-10(8-6-9)17-15-13(18(20)21)14(19)11-3-1-2-4-12(11)22-15/h1-8,17H. The lowest BCUT2D eigenvalue weighted by molar-refractivity contribution is -0.385. The zero-order valence-electron chi connectivity index (χ0n) is 11.1. The van der Waals surface area contributed by atoms with E-state index in [4.69, 9.17) is 16.0 Å². The number of para-hydroxylation sites is 1. The van der Waals surface area contributed by atoms with Crippen molar-refractivity contribution in [1.82, 2.24) is 0 Å². The topological polar surface area (TPSA) is 85.4 Å². The van der Waals surface area contributed by atoms with Crippen LogP contribution in [0.5, 0.6) is 0 Å². The second-order valence-corrected chi connectivity index (χ2v) is 4.93. The van der Waals surface area contributed by atoms with E-state index >= 15 is 0 Å². The van der Waals surface area contributed by atoms with Crippen molar-refractivity contribution in [1.29, 1.82) is 0 Å². The molecule has 6 nitrogen and oxygen atoms in total. The van der Waals surface area contributed by atoms with Gasteiger partial charge in [-0.15, -0.1) is 0 Å². The molecule has 0 aliphatic heterocycles. The van der Waals surface area contributed by atoms with Crippen LogP contribution in [0.2, 0.25) is 5.02 Å². The Balaban J connectivity index is 2.19. The molecule has 0 amide bonds. The van der Waals surface area contributed by atoms with Crippen LogP contribution in [0.3, 0.4) is 0 Å². The van der Waals surface area contributed by atoms with Gasteiger partial charge in [0.05, 0.1) is 10.3 Å². The number of hydrogen-bond acceptors (Lipinski definition) is 5. The summed E-state index contributed by atoms with van der Waals surface area (Å²) in [5.41, 5.74) is -0.530. The zero-order chi connectivity index (χ0) is 15.7. The van der Waals surface area contributed by atoms with E-state index in [1.165, 1.54) is 6.07 Å². The Kier molecular flexibility index (Phi) is 3.52. The molecule has 110 valence electrons. The first kappa shape index (κ1) is 14.1. The van der Waals surface area contributed by atoms with E-state index in [1.54, 1.807) is 42.5 Å². The SMILES string of the molecule is O=c1c([N+](=O)[O-])c(Nc2ccc(Cl)cc2)oc2ccccc12. The Bertz CT molecular complexity index is 919. The molecule has 0 aliphatic rings. The zero-order valence-corrected chi connectivity index (χ0v) is 11.8. The summed E-state index contributed by atoms with van der Waals surface area (Å²) in [6, 6.07) is 12.9. The summed E-state index contributed by atoms with van der Waals surface area (Å²) in [6.07, 6.45) is 0. The minimum Gasteiger partial charge on any atom is -0.434 e. The molecular formula is C15H9ClN2O4. The summed E-state index contributed by atoms with van der Waals surface area (Å²) >= 11 is 5.79. The van der Waals surface area contributed by atoms with Crippen LogP contribution in [-0.2, 0) is 0 Å². The third-order valence-corrected chi connectivity index (χ3v) is 3.31. The Morgan fingerprint density at radius 3 is 2.45 bits per heavy atom. The third kappa shape index (κ3) is 2.51. The van der Waals surface area contributed by atoms with Crippen molar-refractivity contribution in [3.05, 3.63) is 73.9 Å². The van der Waals surface area contributed by atoms with Crippen LogP contribution in [0.1, 0.15) is 0 Å². The number of rotatable bonds is 3. The Hall–Kier alpha value is -2.86. The summed E-state index contributed by atoms with van der Waals surface area (Å²) < 4.78 is 5.48. The molecule has 0 atom stereocenters. The molecule has 2 aromatic carbocycles. The van der Waals surface area contributed by atoms with Gasteiger partial charge in [0.25, 0.3) is 11.3 Å². The summed E-state index contributed by atoms with van der Waals surface area (Å²) in [6.45, 7) is 0. The highest BCUT2D eigenvalue weighted by Crippen LogP contribution is 2.28. The highest BCUT2D eigenvalue weighted by Gasteiger charge is 2.24. The fraction of sp³-hybridized carbons (Fsp3) is 0. The van der Waals surface area contributed by atoms with E-state index in [-0.39, 0.29) is 16.9 Å². The normalized spacial score (nSPS) is 10.6. The molecule has 22 heavy (non-hydrogen) atoms. The van der Waals surface area contributed by atoms with Crippen molar-refractivity contribution in [3.8, 4) is 0 Å². The van der Waals surface area contributed by atoms with E-state index in [0.717, 1.165) is 0 Å². The smallest absolute Gasteiger partial charge is 0.376 e. The van der Waals surface area contributed by atoms with Crippen molar-refractivity contribution in [2.45, 2.75) is 0 Å². The van der Waals surface area contributed by atoms with E-state index in [1.807, 2.05) is 0 Å². The molecule has 0 aliphatic carbocycles. The summed E-state index contributed by atoms with van der Waals surface area (Å²) in [7, 11) is 0. The first-order chi connectivity index (χ1) is 10.6. The van der Waals surface area contributed by atoms with Crippen molar-refractivity contribution >= 4 is 39.8 Å². The Labute approximate surface area is 129 Å². The molecular weight excluding hydrogens is 308 g/mol. The van der Waals surface area contributed by atoms with E-state index in [2.05, 4.69) is 5.32 Å².